The number of rotatable bonds is 8. The van der Waals surface area contributed by atoms with Crippen molar-refractivity contribution in [2.75, 3.05) is 11.9 Å². The molecule has 1 atom stereocenters. The number of carbonyl (C=O) groups is 3. The second-order valence-corrected chi connectivity index (χ2v) is 9.54. The Kier molecular flexibility index (Phi) is 9.21. The minimum Gasteiger partial charge on any atom is -0.460 e. The van der Waals surface area contributed by atoms with Gasteiger partial charge in [0.25, 0.3) is 0 Å². The molecule has 178 valence electrons. The molecule has 2 aromatic rings. The highest BCUT2D eigenvalue weighted by atomic mass is 16.6. The van der Waals surface area contributed by atoms with Gasteiger partial charge in [-0.1, -0.05) is 62.4 Å². The number of hydrogen-bond acceptors (Lipinski definition) is 4. The normalized spacial score (nSPS) is 12.2. The Hall–Kier alpha value is -3.15. The molecule has 2 aromatic carbocycles. The predicted molar refractivity (Wildman–Crippen MR) is 132 cm³/mol. The van der Waals surface area contributed by atoms with E-state index in [2.05, 4.69) is 5.32 Å². The van der Waals surface area contributed by atoms with Crippen LogP contribution in [0.4, 0.5) is 10.5 Å². The first-order valence-corrected chi connectivity index (χ1v) is 11.5. The molecule has 0 aliphatic carbocycles. The monoisotopic (exact) mass is 452 g/mol. The van der Waals surface area contributed by atoms with Crippen molar-refractivity contribution in [3.05, 3.63) is 54.6 Å². The summed E-state index contributed by atoms with van der Waals surface area (Å²) in [6, 6.07) is 16.7. The maximum absolute atomic E-state index is 13.4. The second-order valence-electron chi connectivity index (χ2n) is 9.54. The van der Waals surface area contributed by atoms with Gasteiger partial charge in [0.05, 0.1) is 12.1 Å². The molecule has 0 heterocycles. The molecule has 6 nitrogen and oxygen atoms in total. The molecule has 0 aliphatic heterocycles. The van der Waals surface area contributed by atoms with E-state index >= 15 is 0 Å². The van der Waals surface area contributed by atoms with Crippen molar-refractivity contribution >= 4 is 23.6 Å². The van der Waals surface area contributed by atoms with Crippen LogP contribution in [0.1, 0.15) is 54.4 Å². The molecule has 1 N–H and O–H groups in total. The molecule has 6 heteroatoms. The summed E-state index contributed by atoms with van der Waals surface area (Å²) in [7, 11) is 0. The first-order chi connectivity index (χ1) is 15.5. The van der Waals surface area contributed by atoms with Gasteiger partial charge in [-0.2, -0.15) is 0 Å². The fourth-order valence-corrected chi connectivity index (χ4v) is 3.69. The van der Waals surface area contributed by atoms with Gasteiger partial charge in [-0.3, -0.25) is 14.5 Å². The van der Waals surface area contributed by atoms with Crippen molar-refractivity contribution in [2.24, 2.45) is 11.8 Å². The molecule has 0 fully saturated rings. The number of nitrogens with one attached hydrogen (secondary N) is 1. The molecule has 0 aliphatic rings. The first-order valence-electron chi connectivity index (χ1n) is 11.5. The van der Waals surface area contributed by atoms with Crippen LogP contribution in [0, 0.1) is 11.8 Å². The number of nitrogens with zero attached hydrogens (tertiary/aromatic N) is 1. The van der Waals surface area contributed by atoms with E-state index in [-0.39, 0.29) is 24.8 Å². The zero-order valence-electron chi connectivity index (χ0n) is 20.6. The maximum Gasteiger partial charge on any atom is 0.328 e. The molecule has 2 rings (SSSR count). The number of esters is 1. The number of hydrogen-bond donors (Lipinski definition) is 1. The number of ether oxygens (including phenoxy) is 1. The molecule has 0 aromatic heterocycles. The van der Waals surface area contributed by atoms with Crippen LogP contribution in [0.3, 0.4) is 0 Å². The summed E-state index contributed by atoms with van der Waals surface area (Å²) in [6.07, 6.45) is 0.432. The summed E-state index contributed by atoms with van der Waals surface area (Å²) in [4.78, 5) is 40.1. The van der Waals surface area contributed by atoms with Crippen LogP contribution >= 0.6 is 0 Å². The molecule has 0 bridgehead atoms. The average Bonchev–Trinajstić information content (AvgIpc) is 2.73. The highest BCUT2D eigenvalue weighted by molar-refractivity contribution is 6.04. The molecule has 33 heavy (non-hydrogen) atoms. The van der Waals surface area contributed by atoms with E-state index in [1.807, 2.05) is 68.4 Å². The SMILES string of the molecule is CCN(C(=O)Nc1ccccc1-c1ccccc1)C(=O)[C@@H](CC(=O)OC(C)(C)C)CC(C)C. The Morgan fingerprint density at radius 2 is 1.58 bits per heavy atom. The van der Waals surface area contributed by atoms with Crippen molar-refractivity contribution in [2.45, 2.75) is 60.0 Å². The second kappa shape index (κ2) is 11.6. The van der Waals surface area contributed by atoms with Crippen molar-refractivity contribution in [3.63, 3.8) is 0 Å². The van der Waals surface area contributed by atoms with Crippen LogP contribution in [0.25, 0.3) is 11.1 Å². The van der Waals surface area contributed by atoms with E-state index in [1.165, 1.54) is 4.90 Å². The third-order valence-corrected chi connectivity index (χ3v) is 5.02. The fourth-order valence-electron chi connectivity index (χ4n) is 3.69. The van der Waals surface area contributed by atoms with Crippen LogP contribution in [-0.2, 0) is 14.3 Å². The van der Waals surface area contributed by atoms with E-state index in [1.54, 1.807) is 27.7 Å². The quantitative estimate of drug-likeness (QED) is 0.489. The minimum absolute atomic E-state index is 0.0569. The van der Waals surface area contributed by atoms with E-state index in [4.69, 9.17) is 4.74 Å². The third-order valence-electron chi connectivity index (χ3n) is 5.02. The molecule has 0 unspecified atom stereocenters. The summed E-state index contributed by atoms with van der Waals surface area (Å²) in [5.74, 6) is -1.25. The Labute approximate surface area is 197 Å². The van der Waals surface area contributed by atoms with Gasteiger partial charge in [-0.05, 0) is 51.7 Å². The lowest BCUT2D eigenvalue weighted by molar-refractivity contribution is -0.158. The van der Waals surface area contributed by atoms with Gasteiger partial charge in [-0.25, -0.2) is 4.79 Å². The van der Waals surface area contributed by atoms with Crippen LogP contribution in [-0.4, -0.2) is 35.0 Å². The fraction of sp³-hybridized carbons (Fsp3) is 0.444. The smallest absolute Gasteiger partial charge is 0.328 e. The molecular formula is C27H36N2O4. The van der Waals surface area contributed by atoms with Crippen molar-refractivity contribution in [1.29, 1.82) is 0 Å². The van der Waals surface area contributed by atoms with Gasteiger partial charge in [-0.15, -0.1) is 0 Å². The Morgan fingerprint density at radius 3 is 2.15 bits per heavy atom. The third kappa shape index (κ3) is 8.04. The summed E-state index contributed by atoms with van der Waals surface area (Å²) < 4.78 is 5.42. The van der Waals surface area contributed by atoms with Crippen molar-refractivity contribution in [1.82, 2.24) is 4.90 Å². The lowest BCUT2D eigenvalue weighted by atomic mass is 9.92. The first kappa shape index (κ1) is 26.1. The zero-order chi connectivity index (χ0) is 24.6. The number of benzene rings is 2. The van der Waals surface area contributed by atoms with Crippen LogP contribution in [0.15, 0.2) is 54.6 Å². The highest BCUT2D eigenvalue weighted by Crippen LogP contribution is 2.28. The van der Waals surface area contributed by atoms with Crippen LogP contribution in [0.2, 0.25) is 0 Å². The molecule has 0 radical (unpaired) electrons. The van der Waals surface area contributed by atoms with Gasteiger partial charge in [0.1, 0.15) is 5.60 Å². The molecule has 0 saturated heterocycles. The number of carbonyl (C=O) groups excluding carboxylic acids is 3. The van der Waals surface area contributed by atoms with Crippen molar-refractivity contribution in [3.8, 4) is 11.1 Å². The molecule has 3 amide bonds. The number of para-hydroxylation sites is 1. The lowest BCUT2D eigenvalue weighted by Gasteiger charge is -2.27. The van der Waals surface area contributed by atoms with Crippen molar-refractivity contribution < 1.29 is 19.1 Å². The van der Waals surface area contributed by atoms with Crippen LogP contribution < -0.4 is 5.32 Å². The predicted octanol–water partition coefficient (Wildman–Crippen LogP) is 6.13. The summed E-state index contributed by atoms with van der Waals surface area (Å²) in [6.45, 7) is 11.3. The zero-order valence-corrected chi connectivity index (χ0v) is 20.6. The Balaban J connectivity index is 2.22. The largest absolute Gasteiger partial charge is 0.460 e. The van der Waals surface area contributed by atoms with Gasteiger partial charge >= 0.3 is 12.0 Å². The summed E-state index contributed by atoms with van der Waals surface area (Å²) in [5.41, 5.74) is 1.81. The summed E-state index contributed by atoms with van der Waals surface area (Å²) in [5, 5.41) is 2.89. The standard InChI is InChI=1S/C27H36N2O4/c1-7-29(25(31)21(17-19(2)3)18-24(30)33-27(4,5)6)26(32)28-23-16-12-11-15-22(23)20-13-9-8-10-14-20/h8-16,19,21H,7,17-18H2,1-6H3,(H,28,32)/t21-/m1/s1. The Bertz CT molecular complexity index is 948. The Morgan fingerprint density at radius 1 is 0.970 bits per heavy atom. The number of anilines is 1. The van der Waals surface area contributed by atoms with Crippen LogP contribution in [0.5, 0.6) is 0 Å². The van der Waals surface area contributed by atoms with E-state index in [0.29, 0.717) is 12.1 Å². The molecule has 0 saturated carbocycles. The minimum atomic E-state index is -0.633. The van der Waals surface area contributed by atoms with Gasteiger partial charge in [0, 0.05) is 18.0 Å². The van der Waals surface area contributed by atoms with E-state index in [0.717, 1.165) is 11.1 Å². The van der Waals surface area contributed by atoms with Gasteiger partial charge in [0.2, 0.25) is 5.91 Å². The maximum atomic E-state index is 13.4. The average molecular weight is 453 g/mol. The van der Waals surface area contributed by atoms with E-state index in [9.17, 15) is 14.4 Å². The lowest BCUT2D eigenvalue weighted by Crippen LogP contribution is -2.44. The molecular weight excluding hydrogens is 416 g/mol. The molecule has 0 spiro atoms. The van der Waals surface area contributed by atoms with Gasteiger partial charge < -0.3 is 10.1 Å². The highest BCUT2D eigenvalue weighted by Gasteiger charge is 2.32. The van der Waals surface area contributed by atoms with Gasteiger partial charge in [0.15, 0.2) is 0 Å². The number of amides is 3. The summed E-state index contributed by atoms with van der Waals surface area (Å²) >= 11 is 0. The number of imide groups is 1. The topological polar surface area (TPSA) is 75.7 Å². The van der Waals surface area contributed by atoms with E-state index < -0.39 is 23.5 Å². The number of urea groups is 1.